The van der Waals surface area contributed by atoms with Crippen molar-refractivity contribution in [2.45, 2.75) is 18.7 Å². The van der Waals surface area contributed by atoms with Crippen LogP contribution in [0.1, 0.15) is 18.1 Å². The van der Waals surface area contributed by atoms with Crippen molar-refractivity contribution in [3.8, 4) is 11.8 Å². The highest BCUT2D eigenvalue weighted by Crippen LogP contribution is 2.63. The summed E-state index contributed by atoms with van der Waals surface area (Å²) in [5, 5.41) is 0. The van der Waals surface area contributed by atoms with Gasteiger partial charge in [-0.2, -0.15) is 4.31 Å². The van der Waals surface area contributed by atoms with Crippen molar-refractivity contribution in [1.82, 2.24) is 4.31 Å². The molecule has 2 fully saturated rings. The van der Waals surface area contributed by atoms with Crippen LogP contribution in [0.2, 0.25) is 0 Å². The quantitative estimate of drug-likeness (QED) is 0.674. The molecule has 2 aliphatic rings. The molecule has 4 rings (SSSR count). The first kappa shape index (κ1) is 17.8. The van der Waals surface area contributed by atoms with Gasteiger partial charge in [0, 0.05) is 23.1 Å². The van der Waals surface area contributed by atoms with Gasteiger partial charge in [0.25, 0.3) is 0 Å². The van der Waals surface area contributed by atoms with Gasteiger partial charge in [-0.25, -0.2) is 8.42 Å². The summed E-state index contributed by atoms with van der Waals surface area (Å²) in [6, 6.07) is 15.0. The van der Waals surface area contributed by atoms with E-state index in [0.29, 0.717) is 29.8 Å². The van der Waals surface area contributed by atoms with Crippen LogP contribution in [0.4, 0.5) is 0 Å². The van der Waals surface area contributed by atoms with Crippen LogP contribution in [-0.2, 0) is 10.0 Å². The van der Waals surface area contributed by atoms with Gasteiger partial charge in [-0.3, -0.25) is 0 Å². The number of hydrogen-bond donors (Lipinski definition) is 0. The molecule has 3 atom stereocenters. The van der Waals surface area contributed by atoms with E-state index in [2.05, 4.69) is 34.7 Å². The fraction of sp³-hybridized carbons (Fsp3) is 0.333. The van der Waals surface area contributed by atoms with Gasteiger partial charge >= 0.3 is 0 Å². The number of halogens is 1. The molecular weight excluding hydrogens is 410 g/mol. The monoisotopic (exact) mass is 429 g/mol. The highest BCUT2D eigenvalue weighted by atomic mass is 79.9. The van der Waals surface area contributed by atoms with Crippen LogP contribution in [0, 0.1) is 36.0 Å². The zero-order valence-corrected chi connectivity index (χ0v) is 17.1. The highest BCUT2D eigenvalue weighted by Gasteiger charge is 2.67. The topological polar surface area (TPSA) is 37.4 Å². The van der Waals surface area contributed by atoms with Crippen molar-refractivity contribution in [1.29, 1.82) is 0 Å². The SMILES string of the molecule is Cc1ccc(S(=O)(=O)N2C[C@H]3[C@H](C)[C@@]3(C#Cc3ccc(Br)cc3)C2)cc1. The molecule has 134 valence electrons. The Morgan fingerprint density at radius 2 is 1.77 bits per heavy atom. The van der Waals surface area contributed by atoms with Crippen molar-refractivity contribution in [2.24, 2.45) is 17.3 Å². The minimum Gasteiger partial charge on any atom is -0.207 e. The first-order valence-electron chi connectivity index (χ1n) is 8.68. The van der Waals surface area contributed by atoms with Crippen LogP contribution in [0.15, 0.2) is 57.9 Å². The van der Waals surface area contributed by atoms with Crippen molar-refractivity contribution < 1.29 is 8.42 Å². The average molecular weight is 430 g/mol. The number of piperidine rings is 1. The Kier molecular flexibility index (Phi) is 4.26. The Morgan fingerprint density at radius 1 is 1.12 bits per heavy atom. The van der Waals surface area contributed by atoms with Crippen LogP contribution in [0.3, 0.4) is 0 Å². The fourth-order valence-electron chi connectivity index (χ4n) is 3.89. The maximum Gasteiger partial charge on any atom is 0.243 e. The molecule has 1 saturated carbocycles. The lowest BCUT2D eigenvalue weighted by Crippen LogP contribution is -2.33. The van der Waals surface area contributed by atoms with E-state index in [0.717, 1.165) is 15.6 Å². The lowest BCUT2D eigenvalue weighted by atomic mass is 10.0. The molecule has 3 nitrogen and oxygen atoms in total. The van der Waals surface area contributed by atoms with Gasteiger partial charge in [-0.05, 0) is 55.2 Å². The third-order valence-corrected chi connectivity index (χ3v) is 8.10. The minimum atomic E-state index is -3.45. The highest BCUT2D eigenvalue weighted by molar-refractivity contribution is 9.10. The molecule has 1 heterocycles. The van der Waals surface area contributed by atoms with Gasteiger partial charge in [0.15, 0.2) is 0 Å². The molecule has 0 bridgehead atoms. The third-order valence-electron chi connectivity index (χ3n) is 5.75. The number of nitrogens with zero attached hydrogens (tertiary/aromatic N) is 1. The van der Waals surface area contributed by atoms with Gasteiger partial charge in [-0.15, -0.1) is 0 Å². The minimum absolute atomic E-state index is 0.204. The maximum absolute atomic E-state index is 12.9. The van der Waals surface area contributed by atoms with Gasteiger partial charge in [0.05, 0.1) is 10.3 Å². The van der Waals surface area contributed by atoms with Crippen LogP contribution in [0.5, 0.6) is 0 Å². The summed E-state index contributed by atoms with van der Waals surface area (Å²) >= 11 is 3.43. The van der Waals surface area contributed by atoms with E-state index in [1.54, 1.807) is 16.4 Å². The number of hydrogen-bond acceptors (Lipinski definition) is 2. The Bertz CT molecular complexity index is 1000. The predicted octanol–water partition coefficient (Wildman–Crippen LogP) is 4.07. The summed E-state index contributed by atoms with van der Waals surface area (Å²) in [7, 11) is -3.45. The zero-order chi connectivity index (χ0) is 18.5. The van der Waals surface area contributed by atoms with E-state index in [1.807, 2.05) is 43.3 Å². The molecule has 0 N–H and O–H groups in total. The lowest BCUT2D eigenvalue weighted by molar-refractivity contribution is 0.402. The third kappa shape index (κ3) is 2.90. The first-order chi connectivity index (χ1) is 12.3. The average Bonchev–Trinajstić information content (AvgIpc) is 2.98. The summed E-state index contributed by atoms with van der Waals surface area (Å²) < 4.78 is 28.5. The van der Waals surface area contributed by atoms with Crippen molar-refractivity contribution in [3.63, 3.8) is 0 Å². The molecule has 5 heteroatoms. The van der Waals surface area contributed by atoms with Gasteiger partial charge < -0.3 is 0 Å². The van der Waals surface area contributed by atoms with E-state index in [-0.39, 0.29) is 5.41 Å². The number of sulfonamides is 1. The van der Waals surface area contributed by atoms with Crippen LogP contribution >= 0.6 is 15.9 Å². The number of fused-ring (bicyclic) bond motifs is 1. The molecule has 1 aliphatic carbocycles. The molecule has 0 unspecified atom stereocenters. The van der Waals surface area contributed by atoms with Crippen LogP contribution in [-0.4, -0.2) is 25.8 Å². The molecule has 0 radical (unpaired) electrons. The number of benzene rings is 2. The summed E-state index contributed by atoms with van der Waals surface area (Å²) in [6.45, 7) is 5.18. The number of aryl methyl sites for hydroxylation is 1. The van der Waals surface area contributed by atoms with E-state index in [4.69, 9.17) is 0 Å². The van der Waals surface area contributed by atoms with Crippen molar-refractivity contribution >= 4 is 26.0 Å². The van der Waals surface area contributed by atoms with Gasteiger partial charge in [0.2, 0.25) is 10.0 Å². The maximum atomic E-state index is 12.9. The molecule has 2 aromatic rings. The summed E-state index contributed by atoms with van der Waals surface area (Å²) in [5.74, 6) is 7.43. The first-order valence-corrected chi connectivity index (χ1v) is 10.9. The molecule has 1 aliphatic heterocycles. The number of rotatable bonds is 2. The lowest BCUT2D eigenvalue weighted by Gasteiger charge is -2.20. The van der Waals surface area contributed by atoms with Crippen molar-refractivity contribution in [2.75, 3.05) is 13.1 Å². The molecule has 26 heavy (non-hydrogen) atoms. The van der Waals surface area contributed by atoms with E-state index in [1.165, 1.54) is 0 Å². The Morgan fingerprint density at radius 3 is 2.42 bits per heavy atom. The predicted molar refractivity (Wildman–Crippen MR) is 106 cm³/mol. The second-order valence-electron chi connectivity index (χ2n) is 7.30. The van der Waals surface area contributed by atoms with Crippen LogP contribution in [0.25, 0.3) is 0 Å². The van der Waals surface area contributed by atoms with E-state index < -0.39 is 10.0 Å². The molecule has 0 spiro atoms. The molecular formula is C21H20BrNO2S. The molecule has 2 aromatic carbocycles. The largest absolute Gasteiger partial charge is 0.243 e. The zero-order valence-electron chi connectivity index (χ0n) is 14.7. The normalized spacial score (nSPS) is 27.5. The van der Waals surface area contributed by atoms with Crippen molar-refractivity contribution in [3.05, 3.63) is 64.1 Å². The molecule has 0 aromatic heterocycles. The van der Waals surface area contributed by atoms with Gasteiger partial charge in [-0.1, -0.05) is 52.4 Å². The van der Waals surface area contributed by atoms with E-state index in [9.17, 15) is 8.42 Å². The van der Waals surface area contributed by atoms with Gasteiger partial charge in [0.1, 0.15) is 0 Å². The summed E-state index contributed by atoms with van der Waals surface area (Å²) in [5.41, 5.74) is 1.81. The van der Waals surface area contributed by atoms with Crippen LogP contribution < -0.4 is 0 Å². The fourth-order valence-corrected chi connectivity index (χ4v) is 5.68. The molecule has 0 amide bonds. The second-order valence-corrected chi connectivity index (χ2v) is 10.2. The Balaban J connectivity index is 1.58. The molecule has 1 saturated heterocycles. The summed E-state index contributed by atoms with van der Waals surface area (Å²) in [6.07, 6.45) is 0. The van der Waals surface area contributed by atoms with E-state index >= 15 is 0 Å². The smallest absolute Gasteiger partial charge is 0.207 e. The second kappa shape index (κ2) is 6.23. The Labute approximate surface area is 163 Å². The Hall–Kier alpha value is -1.61. The standard InChI is InChI=1S/C21H20BrNO2S/c1-15-3-9-19(10-4-15)26(24,25)23-13-20-16(2)21(20,14-23)12-11-17-5-7-18(22)8-6-17/h3-10,16,20H,13-14H2,1-2H3/t16-,20-,21+/m0/s1. The summed E-state index contributed by atoms with van der Waals surface area (Å²) in [4.78, 5) is 0.369.